The van der Waals surface area contributed by atoms with Crippen molar-refractivity contribution < 1.29 is 4.65 Å². The van der Waals surface area contributed by atoms with Crippen LogP contribution in [-0.2, 0) is 11.3 Å². The molecule has 0 unspecified atom stereocenters. The maximum Gasteiger partial charge on any atom is 0.324 e. The van der Waals surface area contributed by atoms with E-state index in [0.29, 0.717) is 17.9 Å². The van der Waals surface area contributed by atoms with Crippen molar-refractivity contribution in [1.82, 2.24) is 0 Å². The SMILES string of the molecule is [C-]#[N+]c1ccc(N(C)c2ccc3c(c2)COB3C)c(C#N)c1. The minimum atomic E-state index is 0.141. The Morgan fingerprint density at radius 2 is 2.14 bits per heavy atom. The van der Waals surface area contributed by atoms with Crippen LogP contribution in [0.3, 0.4) is 0 Å². The first kappa shape index (κ1) is 14.2. The van der Waals surface area contributed by atoms with Gasteiger partial charge in [0.15, 0.2) is 5.69 Å². The van der Waals surface area contributed by atoms with Gasteiger partial charge in [0.1, 0.15) is 0 Å². The molecule has 1 aliphatic heterocycles. The van der Waals surface area contributed by atoms with Crippen LogP contribution in [0.1, 0.15) is 11.1 Å². The highest BCUT2D eigenvalue weighted by Gasteiger charge is 2.23. The maximum absolute atomic E-state index is 9.32. The van der Waals surface area contributed by atoms with Crippen LogP contribution in [-0.4, -0.2) is 14.0 Å². The second kappa shape index (κ2) is 5.56. The predicted molar refractivity (Wildman–Crippen MR) is 88.0 cm³/mol. The van der Waals surface area contributed by atoms with Crippen LogP contribution in [0, 0.1) is 17.9 Å². The summed E-state index contributed by atoms with van der Waals surface area (Å²) in [4.78, 5) is 5.34. The number of rotatable bonds is 2. The van der Waals surface area contributed by atoms with E-state index in [4.69, 9.17) is 11.2 Å². The van der Waals surface area contributed by atoms with Crippen molar-refractivity contribution >= 4 is 29.4 Å². The highest BCUT2D eigenvalue weighted by atomic mass is 16.4. The Kier molecular flexibility index (Phi) is 3.59. The summed E-state index contributed by atoms with van der Waals surface area (Å²) in [5.74, 6) is 0. The van der Waals surface area contributed by atoms with Gasteiger partial charge in [0.2, 0.25) is 0 Å². The summed E-state index contributed by atoms with van der Waals surface area (Å²) in [7, 11) is 1.93. The second-order valence-electron chi connectivity index (χ2n) is 5.32. The average molecular weight is 287 g/mol. The Balaban J connectivity index is 2.00. The molecule has 0 saturated carbocycles. The van der Waals surface area contributed by atoms with Gasteiger partial charge in [0.05, 0.1) is 30.5 Å². The van der Waals surface area contributed by atoms with E-state index in [0.717, 1.165) is 11.4 Å². The average Bonchev–Trinajstić information content (AvgIpc) is 2.94. The second-order valence-corrected chi connectivity index (χ2v) is 5.32. The van der Waals surface area contributed by atoms with E-state index in [-0.39, 0.29) is 6.92 Å². The fraction of sp³-hybridized carbons (Fsp3) is 0.176. The molecule has 0 radical (unpaired) electrons. The van der Waals surface area contributed by atoms with E-state index >= 15 is 0 Å². The number of hydrogen-bond acceptors (Lipinski definition) is 3. The standard InChI is InChI=1S/C17H14BN3O/c1-18-16-6-5-15(9-13(16)11-22-18)21(3)17-7-4-14(20-2)8-12(17)10-19/h4-9H,11H2,1,3H3. The molecule has 106 valence electrons. The largest absolute Gasteiger partial charge is 0.427 e. The normalized spacial score (nSPS) is 12.5. The highest BCUT2D eigenvalue weighted by molar-refractivity contribution is 6.67. The molecule has 0 amide bonds. The minimum absolute atomic E-state index is 0.141. The first-order chi connectivity index (χ1) is 10.6. The molecule has 0 N–H and O–H groups in total. The molecule has 3 rings (SSSR count). The lowest BCUT2D eigenvalue weighted by molar-refractivity contribution is 0.333. The molecule has 0 atom stereocenters. The van der Waals surface area contributed by atoms with E-state index in [1.165, 1.54) is 11.0 Å². The van der Waals surface area contributed by atoms with Crippen LogP contribution < -0.4 is 10.4 Å². The van der Waals surface area contributed by atoms with Crippen molar-refractivity contribution in [3.8, 4) is 6.07 Å². The van der Waals surface area contributed by atoms with Crippen LogP contribution >= 0.6 is 0 Å². The van der Waals surface area contributed by atoms with Crippen LogP contribution in [0.4, 0.5) is 17.1 Å². The monoisotopic (exact) mass is 287 g/mol. The van der Waals surface area contributed by atoms with E-state index in [1.54, 1.807) is 12.1 Å². The fourth-order valence-corrected chi connectivity index (χ4v) is 2.74. The first-order valence-electron chi connectivity index (χ1n) is 7.04. The maximum atomic E-state index is 9.32. The summed E-state index contributed by atoms with van der Waals surface area (Å²) >= 11 is 0. The highest BCUT2D eigenvalue weighted by Crippen LogP contribution is 2.30. The van der Waals surface area contributed by atoms with Crippen molar-refractivity contribution in [3.63, 3.8) is 0 Å². The third kappa shape index (κ3) is 2.32. The first-order valence-corrected chi connectivity index (χ1v) is 7.04. The molecule has 2 aromatic carbocycles. The van der Waals surface area contributed by atoms with Gasteiger partial charge in [-0.1, -0.05) is 19.0 Å². The Morgan fingerprint density at radius 1 is 1.32 bits per heavy atom. The number of nitrogens with zero attached hydrogens (tertiary/aromatic N) is 3. The lowest BCUT2D eigenvalue weighted by atomic mass is 9.64. The number of anilines is 2. The molecule has 5 heteroatoms. The van der Waals surface area contributed by atoms with Crippen molar-refractivity contribution in [2.45, 2.75) is 13.4 Å². The molecule has 0 spiro atoms. The summed E-state index contributed by atoms with van der Waals surface area (Å²) in [6.45, 7) is 9.86. The topological polar surface area (TPSA) is 40.6 Å². The molecule has 2 aromatic rings. The summed E-state index contributed by atoms with van der Waals surface area (Å²) in [6, 6.07) is 13.6. The molecule has 22 heavy (non-hydrogen) atoms. The molecule has 0 aromatic heterocycles. The van der Waals surface area contributed by atoms with Gasteiger partial charge in [-0.3, -0.25) is 0 Å². The molecule has 0 fully saturated rings. The molecular formula is C17H14BN3O. The van der Waals surface area contributed by atoms with Gasteiger partial charge in [-0.2, -0.15) is 5.26 Å². The Bertz CT molecular complexity index is 820. The zero-order valence-electron chi connectivity index (χ0n) is 12.5. The van der Waals surface area contributed by atoms with E-state index in [1.807, 2.05) is 30.9 Å². The van der Waals surface area contributed by atoms with Crippen LogP contribution in [0.5, 0.6) is 0 Å². The molecule has 1 heterocycles. The van der Waals surface area contributed by atoms with Crippen molar-refractivity contribution in [3.05, 3.63) is 58.9 Å². The van der Waals surface area contributed by atoms with Gasteiger partial charge >= 0.3 is 6.92 Å². The Labute approximate surface area is 130 Å². The number of benzene rings is 2. The quantitative estimate of drug-likeness (QED) is 0.629. The Hall–Kier alpha value is -2.76. The van der Waals surface area contributed by atoms with Gasteiger partial charge in [0.25, 0.3) is 0 Å². The van der Waals surface area contributed by atoms with E-state index in [9.17, 15) is 5.26 Å². The summed E-state index contributed by atoms with van der Waals surface area (Å²) in [6.07, 6.45) is 0. The van der Waals surface area contributed by atoms with Crippen LogP contribution in [0.25, 0.3) is 4.85 Å². The predicted octanol–water partition coefficient (Wildman–Crippen LogP) is 3.24. The molecule has 4 nitrogen and oxygen atoms in total. The fourth-order valence-electron chi connectivity index (χ4n) is 2.74. The lowest BCUT2D eigenvalue weighted by Gasteiger charge is -2.21. The molecule has 0 bridgehead atoms. The van der Waals surface area contributed by atoms with Crippen molar-refractivity contribution in [2.75, 3.05) is 11.9 Å². The minimum Gasteiger partial charge on any atom is -0.427 e. The van der Waals surface area contributed by atoms with Gasteiger partial charge in [-0.15, -0.1) is 0 Å². The van der Waals surface area contributed by atoms with Crippen LogP contribution in [0.2, 0.25) is 6.82 Å². The van der Waals surface area contributed by atoms with Gasteiger partial charge in [-0.25, -0.2) is 4.85 Å². The van der Waals surface area contributed by atoms with Crippen molar-refractivity contribution in [1.29, 1.82) is 5.26 Å². The zero-order valence-corrected chi connectivity index (χ0v) is 12.5. The lowest BCUT2D eigenvalue weighted by Crippen LogP contribution is -2.24. The third-order valence-corrected chi connectivity index (χ3v) is 4.03. The van der Waals surface area contributed by atoms with Gasteiger partial charge < -0.3 is 9.55 Å². The third-order valence-electron chi connectivity index (χ3n) is 4.03. The number of nitriles is 1. The smallest absolute Gasteiger partial charge is 0.324 e. The number of hydrogen-bond donors (Lipinski definition) is 0. The van der Waals surface area contributed by atoms with Crippen LogP contribution in [0.15, 0.2) is 36.4 Å². The molecule has 1 aliphatic rings. The summed E-state index contributed by atoms with van der Waals surface area (Å²) in [5, 5.41) is 9.32. The summed E-state index contributed by atoms with van der Waals surface area (Å²) < 4.78 is 5.63. The molecular weight excluding hydrogens is 273 g/mol. The van der Waals surface area contributed by atoms with E-state index in [2.05, 4.69) is 23.0 Å². The summed E-state index contributed by atoms with van der Waals surface area (Å²) in [5.41, 5.74) is 5.19. The van der Waals surface area contributed by atoms with Crippen molar-refractivity contribution in [2.24, 2.45) is 0 Å². The van der Waals surface area contributed by atoms with Gasteiger partial charge in [0, 0.05) is 12.7 Å². The molecule has 0 saturated heterocycles. The van der Waals surface area contributed by atoms with Gasteiger partial charge in [-0.05, 0) is 35.3 Å². The number of fused-ring (bicyclic) bond motifs is 1. The molecule has 0 aliphatic carbocycles. The van der Waals surface area contributed by atoms with E-state index < -0.39 is 0 Å². The Morgan fingerprint density at radius 3 is 2.86 bits per heavy atom. The zero-order chi connectivity index (χ0) is 15.7.